The highest BCUT2D eigenvalue weighted by Gasteiger charge is 2.12. The highest BCUT2D eigenvalue weighted by molar-refractivity contribution is 5.96. The molecule has 0 spiro atoms. The summed E-state index contributed by atoms with van der Waals surface area (Å²) < 4.78 is 0. The van der Waals surface area contributed by atoms with E-state index in [1.165, 1.54) is 0 Å². The maximum Gasteiger partial charge on any atom is 0.128 e. The van der Waals surface area contributed by atoms with Crippen molar-refractivity contribution in [1.82, 2.24) is 4.90 Å². The summed E-state index contributed by atoms with van der Waals surface area (Å²) in [4.78, 5) is 2.04. The van der Waals surface area contributed by atoms with E-state index < -0.39 is 0 Å². The molecule has 15 heavy (non-hydrogen) atoms. The van der Waals surface area contributed by atoms with E-state index in [0.29, 0.717) is 11.9 Å². The van der Waals surface area contributed by atoms with Crippen molar-refractivity contribution in [2.24, 2.45) is 0 Å². The van der Waals surface area contributed by atoms with Crippen LogP contribution >= 0.6 is 0 Å². The van der Waals surface area contributed by atoms with Crippen molar-refractivity contribution >= 4 is 5.84 Å². The SMILES string of the molecule is CCCC(C)N(C)C(=N)c1ccccc1. The van der Waals surface area contributed by atoms with Gasteiger partial charge in [-0.3, -0.25) is 5.41 Å². The van der Waals surface area contributed by atoms with Crippen molar-refractivity contribution in [2.75, 3.05) is 7.05 Å². The van der Waals surface area contributed by atoms with E-state index in [2.05, 4.69) is 13.8 Å². The first kappa shape index (κ1) is 11.8. The Labute approximate surface area is 92.4 Å². The summed E-state index contributed by atoms with van der Waals surface area (Å²) in [5, 5.41) is 8.07. The smallest absolute Gasteiger partial charge is 0.128 e. The Morgan fingerprint density at radius 3 is 2.47 bits per heavy atom. The number of benzene rings is 1. The Balaban J connectivity index is 2.69. The summed E-state index contributed by atoms with van der Waals surface area (Å²) in [5.41, 5.74) is 0.989. The van der Waals surface area contributed by atoms with Crippen LogP contribution in [-0.4, -0.2) is 23.8 Å². The molecule has 1 atom stereocenters. The molecule has 0 saturated carbocycles. The summed E-state index contributed by atoms with van der Waals surface area (Å²) >= 11 is 0. The van der Waals surface area contributed by atoms with Crippen LogP contribution in [0, 0.1) is 5.41 Å². The average Bonchev–Trinajstić information content (AvgIpc) is 2.28. The topological polar surface area (TPSA) is 27.1 Å². The van der Waals surface area contributed by atoms with Gasteiger partial charge in [0.2, 0.25) is 0 Å². The molecule has 0 aliphatic carbocycles. The first-order chi connectivity index (χ1) is 7.16. The Morgan fingerprint density at radius 1 is 1.33 bits per heavy atom. The van der Waals surface area contributed by atoms with Crippen molar-refractivity contribution in [3.63, 3.8) is 0 Å². The predicted molar refractivity (Wildman–Crippen MR) is 65.4 cm³/mol. The zero-order chi connectivity index (χ0) is 11.3. The zero-order valence-electron chi connectivity index (χ0n) is 9.83. The largest absolute Gasteiger partial charge is 0.357 e. The lowest BCUT2D eigenvalue weighted by Gasteiger charge is -2.27. The van der Waals surface area contributed by atoms with Gasteiger partial charge in [-0.2, -0.15) is 0 Å². The Kier molecular flexibility index (Phi) is 4.35. The lowest BCUT2D eigenvalue weighted by atomic mass is 10.1. The number of hydrogen-bond acceptors (Lipinski definition) is 1. The molecule has 82 valence electrons. The third kappa shape index (κ3) is 3.08. The van der Waals surface area contributed by atoms with Crippen molar-refractivity contribution in [3.8, 4) is 0 Å². The monoisotopic (exact) mass is 204 g/mol. The first-order valence-corrected chi connectivity index (χ1v) is 5.53. The standard InChI is InChI=1S/C13H20N2/c1-4-8-11(2)15(3)13(14)12-9-6-5-7-10-12/h5-7,9-11,14H,4,8H2,1-3H3. The fourth-order valence-electron chi connectivity index (χ4n) is 1.63. The normalized spacial score (nSPS) is 12.2. The third-order valence-corrected chi connectivity index (χ3v) is 2.77. The van der Waals surface area contributed by atoms with E-state index in [1.807, 2.05) is 42.3 Å². The number of nitrogens with zero attached hydrogens (tertiary/aromatic N) is 1. The minimum atomic E-state index is 0.433. The van der Waals surface area contributed by atoms with Crippen molar-refractivity contribution < 1.29 is 0 Å². The third-order valence-electron chi connectivity index (χ3n) is 2.77. The van der Waals surface area contributed by atoms with Crippen LogP contribution in [0.1, 0.15) is 32.3 Å². The van der Waals surface area contributed by atoms with Crippen LogP contribution in [-0.2, 0) is 0 Å². The molecular weight excluding hydrogens is 184 g/mol. The summed E-state index contributed by atoms with van der Waals surface area (Å²) in [6.07, 6.45) is 2.29. The van der Waals surface area contributed by atoms with Gasteiger partial charge in [0.05, 0.1) is 0 Å². The lowest BCUT2D eigenvalue weighted by molar-refractivity contribution is 0.365. The predicted octanol–water partition coefficient (Wildman–Crippen LogP) is 3.13. The maximum absolute atomic E-state index is 8.07. The van der Waals surface area contributed by atoms with Gasteiger partial charge in [-0.05, 0) is 13.3 Å². The van der Waals surface area contributed by atoms with Gasteiger partial charge in [0.1, 0.15) is 5.84 Å². The molecule has 1 aromatic carbocycles. The van der Waals surface area contributed by atoms with Gasteiger partial charge in [-0.25, -0.2) is 0 Å². The molecule has 1 unspecified atom stereocenters. The van der Waals surface area contributed by atoms with Gasteiger partial charge in [0.15, 0.2) is 0 Å². The second kappa shape index (κ2) is 5.54. The average molecular weight is 204 g/mol. The van der Waals surface area contributed by atoms with Crippen molar-refractivity contribution in [1.29, 1.82) is 5.41 Å². The lowest BCUT2D eigenvalue weighted by Crippen LogP contribution is -2.34. The van der Waals surface area contributed by atoms with E-state index in [1.54, 1.807) is 0 Å². The molecule has 0 radical (unpaired) electrons. The molecule has 0 amide bonds. The fourth-order valence-corrected chi connectivity index (χ4v) is 1.63. The Hall–Kier alpha value is -1.31. The highest BCUT2D eigenvalue weighted by atomic mass is 15.2. The van der Waals surface area contributed by atoms with Gasteiger partial charge in [0, 0.05) is 18.7 Å². The van der Waals surface area contributed by atoms with Crippen LogP contribution in [0.4, 0.5) is 0 Å². The van der Waals surface area contributed by atoms with Crippen molar-refractivity contribution in [2.45, 2.75) is 32.7 Å². The van der Waals surface area contributed by atoms with Crippen LogP contribution < -0.4 is 0 Å². The van der Waals surface area contributed by atoms with Gasteiger partial charge >= 0.3 is 0 Å². The second-order valence-electron chi connectivity index (χ2n) is 3.96. The maximum atomic E-state index is 8.07. The summed E-state index contributed by atoms with van der Waals surface area (Å²) in [6.45, 7) is 4.34. The molecule has 1 N–H and O–H groups in total. The minimum Gasteiger partial charge on any atom is -0.357 e. The zero-order valence-corrected chi connectivity index (χ0v) is 9.83. The second-order valence-corrected chi connectivity index (χ2v) is 3.96. The highest BCUT2D eigenvalue weighted by Crippen LogP contribution is 2.09. The molecule has 2 nitrogen and oxygen atoms in total. The molecule has 1 aromatic rings. The number of nitrogens with one attached hydrogen (secondary N) is 1. The van der Waals surface area contributed by atoms with Gasteiger partial charge in [0.25, 0.3) is 0 Å². The molecule has 0 fully saturated rings. The molecule has 0 aromatic heterocycles. The molecule has 0 heterocycles. The first-order valence-electron chi connectivity index (χ1n) is 5.53. The quantitative estimate of drug-likeness (QED) is 0.592. The summed E-state index contributed by atoms with van der Waals surface area (Å²) in [5.74, 6) is 0.608. The van der Waals surface area contributed by atoms with Crippen LogP contribution in [0.25, 0.3) is 0 Å². The van der Waals surface area contributed by atoms with Gasteiger partial charge < -0.3 is 4.90 Å². The number of rotatable bonds is 4. The molecule has 0 bridgehead atoms. The molecule has 1 rings (SSSR count). The molecule has 0 aliphatic rings. The summed E-state index contributed by atoms with van der Waals surface area (Å²) in [6, 6.07) is 10.3. The summed E-state index contributed by atoms with van der Waals surface area (Å²) in [7, 11) is 2.00. The Morgan fingerprint density at radius 2 is 1.93 bits per heavy atom. The van der Waals surface area contributed by atoms with Gasteiger partial charge in [-0.1, -0.05) is 43.7 Å². The molecule has 0 saturated heterocycles. The van der Waals surface area contributed by atoms with E-state index in [0.717, 1.165) is 18.4 Å². The van der Waals surface area contributed by atoms with Crippen molar-refractivity contribution in [3.05, 3.63) is 35.9 Å². The van der Waals surface area contributed by atoms with Gasteiger partial charge in [-0.15, -0.1) is 0 Å². The van der Waals surface area contributed by atoms with Crippen LogP contribution in [0.5, 0.6) is 0 Å². The van der Waals surface area contributed by atoms with Crippen LogP contribution in [0.2, 0.25) is 0 Å². The number of hydrogen-bond donors (Lipinski definition) is 1. The fraction of sp³-hybridized carbons (Fsp3) is 0.462. The Bertz CT molecular complexity index is 306. The van der Waals surface area contributed by atoms with Crippen LogP contribution in [0.15, 0.2) is 30.3 Å². The molecule has 0 aliphatic heterocycles. The van der Waals surface area contributed by atoms with E-state index in [4.69, 9.17) is 5.41 Å². The van der Waals surface area contributed by atoms with Crippen LogP contribution in [0.3, 0.4) is 0 Å². The molecular formula is C13H20N2. The minimum absolute atomic E-state index is 0.433. The molecule has 2 heteroatoms. The van der Waals surface area contributed by atoms with E-state index >= 15 is 0 Å². The van der Waals surface area contributed by atoms with E-state index in [9.17, 15) is 0 Å². The van der Waals surface area contributed by atoms with E-state index in [-0.39, 0.29) is 0 Å². The number of amidine groups is 1.